The van der Waals surface area contributed by atoms with Crippen molar-refractivity contribution in [2.75, 3.05) is 0 Å². The van der Waals surface area contributed by atoms with Crippen molar-refractivity contribution >= 4 is 16.9 Å². The van der Waals surface area contributed by atoms with Crippen LogP contribution in [0.3, 0.4) is 0 Å². The van der Waals surface area contributed by atoms with Crippen molar-refractivity contribution in [1.29, 1.82) is 0 Å². The number of nitrogens with one attached hydrogen (secondary N) is 1. The van der Waals surface area contributed by atoms with Gasteiger partial charge in [0.2, 0.25) is 5.91 Å². The second-order valence-electron chi connectivity index (χ2n) is 6.42. The van der Waals surface area contributed by atoms with Crippen molar-refractivity contribution in [3.63, 3.8) is 0 Å². The molecule has 4 heteroatoms. The van der Waals surface area contributed by atoms with E-state index in [0.717, 1.165) is 29.7 Å². The molecule has 2 aromatic rings. The molecule has 0 radical (unpaired) electrons. The van der Waals surface area contributed by atoms with Gasteiger partial charge in [-0.2, -0.15) is 0 Å². The fraction of sp³-hybridized carbons (Fsp3) is 0.474. The Bertz CT molecular complexity index is 698. The minimum Gasteiger partial charge on any atom is -0.346 e. The van der Waals surface area contributed by atoms with E-state index in [1.807, 2.05) is 31.2 Å². The lowest BCUT2D eigenvalue weighted by molar-refractivity contribution is -0.126. The molecule has 122 valence electrons. The van der Waals surface area contributed by atoms with E-state index >= 15 is 0 Å². The Kier molecular flexibility index (Phi) is 4.79. The summed E-state index contributed by atoms with van der Waals surface area (Å²) in [5, 5.41) is 3.17. The summed E-state index contributed by atoms with van der Waals surface area (Å²) < 4.78 is 2.13. The van der Waals surface area contributed by atoms with Crippen molar-refractivity contribution in [2.45, 2.75) is 51.6 Å². The van der Waals surface area contributed by atoms with Crippen LogP contribution in [0.1, 0.15) is 50.9 Å². The normalized spacial score (nSPS) is 17.1. The van der Waals surface area contributed by atoms with Crippen molar-refractivity contribution < 1.29 is 4.79 Å². The summed E-state index contributed by atoms with van der Waals surface area (Å²) in [4.78, 5) is 17.2. The first-order chi connectivity index (χ1) is 11.2. The topological polar surface area (TPSA) is 46.9 Å². The number of rotatable bonds is 5. The van der Waals surface area contributed by atoms with E-state index in [4.69, 9.17) is 4.98 Å². The van der Waals surface area contributed by atoms with Crippen molar-refractivity contribution in [3.8, 4) is 0 Å². The lowest BCUT2D eigenvalue weighted by atomic mass is 9.88. The van der Waals surface area contributed by atoms with Crippen LogP contribution in [-0.4, -0.2) is 15.5 Å². The average molecular weight is 311 g/mol. The third kappa shape index (κ3) is 3.31. The van der Waals surface area contributed by atoms with Crippen LogP contribution >= 0.6 is 0 Å². The van der Waals surface area contributed by atoms with E-state index in [9.17, 15) is 4.79 Å². The molecule has 0 saturated heterocycles. The zero-order chi connectivity index (χ0) is 16.2. The van der Waals surface area contributed by atoms with Crippen LogP contribution in [0, 0.1) is 5.92 Å². The molecule has 1 heterocycles. The van der Waals surface area contributed by atoms with Crippen LogP contribution in [0.4, 0.5) is 0 Å². The molecule has 1 aliphatic carbocycles. The fourth-order valence-corrected chi connectivity index (χ4v) is 3.51. The Morgan fingerprint density at radius 1 is 1.39 bits per heavy atom. The number of carbonyl (C=O) groups is 1. The number of benzene rings is 1. The Morgan fingerprint density at radius 3 is 2.87 bits per heavy atom. The summed E-state index contributed by atoms with van der Waals surface area (Å²) in [5.41, 5.74) is 2.05. The van der Waals surface area contributed by atoms with Gasteiger partial charge < -0.3 is 9.88 Å². The van der Waals surface area contributed by atoms with Crippen LogP contribution in [0.25, 0.3) is 11.0 Å². The zero-order valence-corrected chi connectivity index (χ0v) is 13.8. The Hall–Kier alpha value is -2.10. The summed E-state index contributed by atoms with van der Waals surface area (Å²) >= 11 is 0. The maximum absolute atomic E-state index is 12.5. The highest BCUT2D eigenvalue weighted by molar-refractivity contribution is 5.80. The number of nitrogens with zero attached hydrogens (tertiary/aromatic N) is 2. The highest BCUT2D eigenvalue weighted by Gasteiger charge is 2.24. The highest BCUT2D eigenvalue weighted by Crippen LogP contribution is 2.25. The fourth-order valence-electron chi connectivity index (χ4n) is 3.51. The van der Waals surface area contributed by atoms with Crippen LogP contribution in [0.2, 0.25) is 0 Å². The van der Waals surface area contributed by atoms with Crippen LogP contribution in [-0.2, 0) is 11.3 Å². The molecule has 0 aliphatic heterocycles. The Labute approximate surface area is 137 Å². The predicted octanol–water partition coefficient (Wildman–Crippen LogP) is 3.98. The molecule has 1 N–H and O–H groups in total. The number of allylic oxidation sites excluding steroid dienone is 1. The second-order valence-corrected chi connectivity index (χ2v) is 6.42. The van der Waals surface area contributed by atoms with E-state index in [-0.39, 0.29) is 17.9 Å². The largest absolute Gasteiger partial charge is 0.346 e. The van der Waals surface area contributed by atoms with Gasteiger partial charge in [-0.1, -0.05) is 37.5 Å². The number of hydrogen-bond donors (Lipinski definition) is 1. The Morgan fingerprint density at radius 2 is 2.13 bits per heavy atom. The van der Waals surface area contributed by atoms with Gasteiger partial charge in [0, 0.05) is 12.5 Å². The molecule has 3 rings (SSSR count). The maximum atomic E-state index is 12.5. The molecule has 23 heavy (non-hydrogen) atoms. The van der Waals surface area contributed by atoms with E-state index in [0.29, 0.717) is 6.54 Å². The molecule has 1 atom stereocenters. The molecule has 1 amide bonds. The molecule has 1 aliphatic rings. The van der Waals surface area contributed by atoms with Crippen molar-refractivity contribution in [3.05, 3.63) is 42.7 Å². The summed E-state index contributed by atoms with van der Waals surface area (Å²) in [6.45, 7) is 6.55. The third-order valence-electron chi connectivity index (χ3n) is 4.72. The molecular weight excluding hydrogens is 286 g/mol. The van der Waals surface area contributed by atoms with Gasteiger partial charge in [-0.15, -0.1) is 6.58 Å². The van der Waals surface area contributed by atoms with E-state index in [2.05, 4.69) is 22.5 Å². The number of para-hydroxylation sites is 2. The zero-order valence-electron chi connectivity index (χ0n) is 13.8. The van der Waals surface area contributed by atoms with Gasteiger partial charge in [-0.25, -0.2) is 4.98 Å². The van der Waals surface area contributed by atoms with Crippen molar-refractivity contribution in [1.82, 2.24) is 14.9 Å². The second kappa shape index (κ2) is 6.99. The molecule has 1 fully saturated rings. The minimum absolute atomic E-state index is 0.100. The van der Waals surface area contributed by atoms with Gasteiger partial charge in [0.25, 0.3) is 0 Å². The standard InChI is InChI=1S/C19H25N3O/c1-3-13-22-17-12-8-7-11-16(17)21-18(22)14(2)20-19(23)15-9-5-4-6-10-15/h3,7-8,11-12,14-15H,1,4-6,9-10,13H2,2H3,(H,20,23). The summed E-state index contributed by atoms with van der Waals surface area (Å²) in [7, 11) is 0. The van der Waals surface area contributed by atoms with Gasteiger partial charge in [0.1, 0.15) is 5.82 Å². The predicted molar refractivity (Wildman–Crippen MR) is 93.1 cm³/mol. The van der Waals surface area contributed by atoms with Gasteiger partial charge in [-0.3, -0.25) is 4.79 Å². The first-order valence-corrected chi connectivity index (χ1v) is 8.57. The molecule has 1 saturated carbocycles. The lowest BCUT2D eigenvalue weighted by Gasteiger charge is -2.23. The number of carbonyl (C=O) groups excluding carboxylic acids is 1. The lowest BCUT2D eigenvalue weighted by Crippen LogP contribution is -2.34. The molecule has 1 aromatic heterocycles. The number of fused-ring (bicyclic) bond motifs is 1. The first-order valence-electron chi connectivity index (χ1n) is 8.57. The third-order valence-corrected chi connectivity index (χ3v) is 4.72. The minimum atomic E-state index is -0.100. The molecule has 0 spiro atoms. The van der Waals surface area contributed by atoms with Crippen LogP contribution in [0.15, 0.2) is 36.9 Å². The average Bonchev–Trinajstić information content (AvgIpc) is 2.95. The molecule has 0 bridgehead atoms. The summed E-state index contributed by atoms with van der Waals surface area (Å²) in [6.07, 6.45) is 7.49. The highest BCUT2D eigenvalue weighted by atomic mass is 16.1. The van der Waals surface area contributed by atoms with Gasteiger partial charge >= 0.3 is 0 Å². The van der Waals surface area contributed by atoms with Crippen LogP contribution in [0.5, 0.6) is 0 Å². The van der Waals surface area contributed by atoms with Gasteiger partial charge in [0.05, 0.1) is 17.1 Å². The SMILES string of the molecule is C=CCn1c(C(C)NC(=O)C2CCCCC2)nc2ccccc21. The maximum Gasteiger partial charge on any atom is 0.223 e. The van der Waals surface area contributed by atoms with Gasteiger partial charge in [0.15, 0.2) is 0 Å². The molecule has 1 unspecified atom stereocenters. The number of hydrogen-bond acceptors (Lipinski definition) is 2. The van der Waals surface area contributed by atoms with Gasteiger partial charge in [-0.05, 0) is 31.9 Å². The molecular formula is C19H25N3O. The summed E-state index contributed by atoms with van der Waals surface area (Å²) in [6, 6.07) is 7.97. The van der Waals surface area contributed by atoms with E-state index in [1.54, 1.807) is 0 Å². The number of aromatic nitrogens is 2. The number of imidazole rings is 1. The quantitative estimate of drug-likeness (QED) is 0.849. The monoisotopic (exact) mass is 311 g/mol. The van der Waals surface area contributed by atoms with E-state index < -0.39 is 0 Å². The molecule has 4 nitrogen and oxygen atoms in total. The van der Waals surface area contributed by atoms with E-state index in [1.165, 1.54) is 19.3 Å². The Balaban J connectivity index is 1.82. The van der Waals surface area contributed by atoms with Crippen molar-refractivity contribution in [2.24, 2.45) is 5.92 Å². The summed E-state index contributed by atoms with van der Waals surface area (Å²) in [5.74, 6) is 1.24. The first kappa shape index (κ1) is 15.8. The van der Waals surface area contributed by atoms with Crippen LogP contribution < -0.4 is 5.32 Å². The molecule has 1 aromatic carbocycles. The smallest absolute Gasteiger partial charge is 0.223 e. The number of amides is 1.